The Morgan fingerprint density at radius 1 is 1.03 bits per heavy atom. The molecule has 3 aromatic rings. The fourth-order valence-electron chi connectivity index (χ4n) is 5.09. The molecule has 8 nitrogen and oxygen atoms in total. The van der Waals surface area contributed by atoms with Crippen molar-refractivity contribution in [1.29, 1.82) is 5.26 Å². The molecule has 176 valence electrons. The first kappa shape index (κ1) is 22.5. The lowest BCUT2D eigenvalue weighted by atomic mass is 9.94. The van der Waals surface area contributed by atoms with E-state index >= 15 is 0 Å². The number of fused-ring (bicyclic) bond motifs is 1. The molecule has 2 aliphatic heterocycles. The largest absolute Gasteiger partial charge is 0.369 e. The molecule has 0 bridgehead atoms. The molecule has 1 aromatic carbocycles. The van der Waals surface area contributed by atoms with Crippen molar-refractivity contribution in [3.8, 4) is 6.07 Å². The van der Waals surface area contributed by atoms with Crippen LogP contribution in [0.15, 0.2) is 42.9 Å². The number of hydrogen-bond acceptors (Lipinski definition) is 8. The van der Waals surface area contributed by atoms with Crippen LogP contribution in [0.2, 0.25) is 0 Å². The fraction of sp³-hybridized carbons (Fsp3) is 0.462. The highest BCUT2D eigenvalue weighted by atomic mass is 15.3. The third-order valence-corrected chi connectivity index (χ3v) is 6.94. The van der Waals surface area contributed by atoms with E-state index in [9.17, 15) is 5.26 Å². The number of anilines is 2. The van der Waals surface area contributed by atoms with Crippen molar-refractivity contribution in [3.05, 3.63) is 54.0 Å². The van der Waals surface area contributed by atoms with Crippen LogP contribution in [0.1, 0.15) is 24.5 Å². The summed E-state index contributed by atoms with van der Waals surface area (Å²) in [5.74, 6) is 1.39. The van der Waals surface area contributed by atoms with Crippen molar-refractivity contribution in [2.24, 2.45) is 5.92 Å². The third kappa shape index (κ3) is 4.81. The number of rotatable bonds is 5. The van der Waals surface area contributed by atoms with E-state index in [1.165, 1.54) is 0 Å². The number of nitrogens with zero attached hydrogens (tertiary/aromatic N) is 7. The molecule has 0 spiro atoms. The Labute approximate surface area is 201 Å². The van der Waals surface area contributed by atoms with Gasteiger partial charge in [-0.05, 0) is 43.7 Å². The van der Waals surface area contributed by atoms with E-state index in [1.807, 2.05) is 24.5 Å². The molecule has 5 rings (SSSR count). The zero-order chi connectivity index (χ0) is 23.5. The van der Waals surface area contributed by atoms with Crippen LogP contribution in [0, 0.1) is 17.2 Å². The minimum absolute atomic E-state index is 0.364. The van der Waals surface area contributed by atoms with Gasteiger partial charge < -0.3 is 20.0 Å². The van der Waals surface area contributed by atoms with Gasteiger partial charge in [-0.25, -0.2) is 9.97 Å². The van der Waals surface area contributed by atoms with Crippen molar-refractivity contribution < 1.29 is 0 Å². The molecule has 2 fully saturated rings. The smallest absolute Gasteiger partial charge is 0.225 e. The summed E-state index contributed by atoms with van der Waals surface area (Å²) < 4.78 is 0. The maximum atomic E-state index is 9.47. The number of piperazine rings is 1. The molecule has 2 atom stereocenters. The number of benzene rings is 1. The van der Waals surface area contributed by atoms with E-state index < -0.39 is 0 Å². The molecule has 0 aliphatic carbocycles. The number of piperidine rings is 1. The van der Waals surface area contributed by atoms with E-state index in [0.717, 1.165) is 80.3 Å². The maximum Gasteiger partial charge on any atom is 0.225 e. The zero-order valence-corrected chi connectivity index (χ0v) is 20.0. The quantitative estimate of drug-likeness (QED) is 0.627. The van der Waals surface area contributed by atoms with Gasteiger partial charge in [0.1, 0.15) is 6.07 Å². The van der Waals surface area contributed by atoms with Gasteiger partial charge >= 0.3 is 0 Å². The molecule has 8 heteroatoms. The van der Waals surface area contributed by atoms with E-state index in [0.29, 0.717) is 17.5 Å². The normalized spacial score (nSPS) is 21.6. The predicted octanol–water partition coefficient (Wildman–Crippen LogP) is 2.65. The Morgan fingerprint density at radius 3 is 2.59 bits per heavy atom. The van der Waals surface area contributed by atoms with Gasteiger partial charge in [-0.15, -0.1) is 0 Å². The second-order valence-electron chi connectivity index (χ2n) is 9.65. The summed E-state index contributed by atoms with van der Waals surface area (Å²) in [6, 6.07) is 10.6. The molecular formula is C26H32N8. The van der Waals surface area contributed by atoms with E-state index in [-0.39, 0.29) is 0 Å². The Bertz CT molecular complexity index is 1160. The summed E-state index contributed by atoms with van der Waals surface area (Å²) in [7, 11) is 2.15. The van der Waals surface area contributed by atoms with Crippen LogP contribution in [0.4, 0.5) is 11.6 Å². The molecule has 2 aliphatic rings. The molecule has 0 saturated carbocycles. The van der Waals surface area contributed by atoms with Crippen LogP contribution in [0.5, 0.6) is 0 Å². The lowest BCUT2D eigenvalue weighted by Gasteiger charge is -2.39. The number of nitriles is 1. The summed E-state index contributed by atoms with van der Waals surface area (Å²) in [4.78, 5) is 20.8. The maximum absolute atomic E-state index is 9.47. The third-order valence-electron chi connectivity index (χ3n) is 6.94. The molecule has 2 saturated heterocycles. The van der Waals surface area contributed by atoms with Gasteiger partial charge in [0.15, 0.2) is 0 Å². The molecule has 34 heavy (non-hydrogen) atoms. The lowest BCUT2D eigenvalue weighted by molar-refractivity contribution is 0.311. The fourth-order valence-corrected chi connectivity index (χ4v) is 5.09. The molecule has 0 radical (unpaired) electrons. The summed E-state index contributed by atoms with van der Waals surface area (Å²) in [6.07, 6.45) is 6.80. The van der Waals surface area contributed by atoms with Crippen LogP contribution in [0.25, 0.3) is 10.9 Å². The SMILES string of the molecule is C[C@H]1C[C@@H](NCc2cnc(N3CCN(C)CC3)nc2)CN(c2ccc(C#N)c3ncccc23)C1. The Kier molecular flexibility index (Phi) is 6.57. The van der Waals surface area contributed by atoms with E-state index in [2.05, 4.69) is 67.1 Å². The van der Waals surface area contributed by atoms with Crippen molar-refractivity contribution in [1.82, 2.24) is 25.2 Å². The van der Waals surface area contributed by atoms with Crippen molar-refractivity contribution in [2.45, 2.75) is 25.9 Å². The monoisotopic (exact) mass is 456 g/mol. The van der Waals surface area contributed by atoms with Crippen LogP contribution in [-0.2, 0) is 6.54 Å². The van der Waals surface area contributed by atoms with Gasteiger partial charge in [-0.3, -0.25) is 4.98 Å². The van der Waals surface area contributed by atoms with Gasteiger partial charge in [0.2, 0.25) is 5.95 Å². The minimum atomic E-state index is 0.364. The van der Waals surface area contributed by atoms with Gasteiger partial charge in [-0.2, -0.15) is 5.26 Å². The molecule has 0 amide bonds. The Morgan fingerprint density at radius 2 is 1.82 bits per heavy atom. The summed E-state index contributed by atoms with van der Waals surface area (Å²) >= 11 is 0. The number of pyridine rings is 1. The second kappa shape index (κ2) is 9.92. The first-order valence-corrected chi connectivity index (χ1v) is 12.1. The van der Waals surface area contributed by atoms with Crippen LogP contribution < -0.4 is 15.1 Å². The number of aromatic nitrogens is 3. The number of likely N-dealkylation sites (N-methyl/N-ethyl adjacent to an activating group) is 1. The van der Waals surface area contributed by atoms with E-state index in [1.54, 1.807) is 6.20 Å². The number of hydrogen-bond donors (Lipinski definition) is 1. The Balaban J connectivity index is 1.25. The van der Waals surface area contributed by atoms with Gasteiger partial charge in [0, 0.05) is 87.1 Å². The van der Waals surface area contributed by atoms with Crippen molar-refractivity contribution in [3.63, 3.8) is 0 Å². The second-order valence-corrected chi connectivity index (χ2v) is 9.65. The molecular weight excluding hydrogens is 424 g/mol. The highest BCUT2D eigenvalue weighted by molar-refractivity contribution is 5.95. The first-order valence-electron chi connectivity index (χ1n) is 12.1. The number of nitrogens with one attached hydrogen (secondary N) is 1. The minimum Gasteiger partial charge on any atom is -0.369 e. The lowest BCUT2D eigenvalue weighted by Crippen LogP contribution is -2.48. The molecule has 0 unspecified atom stereocenters. The molecule has 1 N–H and O–H groups in total. The van der Waals surface area contributed by atoms with Crippen molar-refractivity contribution in [2.75, 3.05) is 56.1 Å². The zero-order valence-electron chi connectivity index (χ0n) is 20.0. The first-order chi connectivity index (χ1) is 16.6. The van der Waals surface area contributed by atoms with Crippen molar-refractivity contribution >= 4 is 22.5 Å². The predicted molar refractivity (Wildman–Crippen MR) is 135 cm³/mol. The summed E-state index contributed by atoms with van der Waals surface area (Å²) in [5, 5.41) is 14.2. The molecule has 2 aromatic heterocycles. The van der Waals surface area contributed by atoms with Gasteiger partial charge in [-0.1, -0.05) is 6.92 Å². The molecule has 4 heterocycles. The van der Waals surface area contributed by atoms with Crippen LogP contribution in [-0.4, -0.2) is 72.2 Å². The van der Waals surface area contributed by atoms with Gasteiger partial charge in [0.25, 0.3) is 0 Å². The Hall–Kier alpha value is -3.28. The highest BCUT2D eigenvalue weighted by Gasteiger charge is 2.26. The average Bonchev–Trinajstić information content (AvgIpc) is 2.87. The van der Waals surface area contributed by atoms with E-state index in [4.69, 9.17) is 0 Å². The van der Waals surface area contributed by atoms with Gasteiger partial charge in [0.05, 0.1) is 11.1 Å². The standard InChI is InChI=1S/C26H32N8/c1-19-12-22(29-14-20-15-30-26(31-16-20)33-10-8-32(2)9-11-33)18-34(17-19)24-6-5-21(13-27)25-23(24)4-3-7-28-25/h3-7,15-16,19,22,29H,8-12,14,17-18H2,1-2H3/t19-,22+/m0/s1. The summed E-state index contributed by atoms with van der Waals surface area (Å²) in [6.45, 7) is 9.02. The average molecular weight is 457 g/mol. The van der Waals surface area contributed by atoms with Crippen LogP contribution >= 0.6 is 0 Å². The topological polar surface area (TPSA) is 84.2 Å². The summed E-state index contributed by atoms with van der Waals surface area (Å²) in [5.41, 5.74) is 3.66. The van der Waals surface area contributed by atoms with Crippen LogP contribution in [0.3, 0.4) is 0 Å². The highest BCUT2D eigenvalue weighted by Crippen LogP contribution is 2.31.